The molecular formula is C20H18ClN5O. The molecule has 0 fully saturated rings. The fourth-order valence-electron chi connectivity index (χ4n) is 2.67. The van der Waals surface area contributed by atoms with E-state index < -0.39 is 0 Å². The van der Waals surface area contributed by atoms with Crippen LogP contribution in [0.1, 0.15) is 20.8 Å². The Bertz CT molecular complexity index is 1120. The zero-order valence-corrected chi connectivity index (χ0v) is 15.9. The molecule has 0 atom stereocenters. The van der Waals surface area contributed by atoms with Crippen molar-refractivity contribution >= 4 is 28.3 Å². The number of hydrogen-bond donors (Lipinski definition) is 1. The van der Waals surface area contributed by atoms with E-state index in [0.717, 1.165) is 22.3 Å². The molecule has 2 aromatic carbocycles. The molecule has 0 aliphatic rings. The summed E-state index contributed by atoms with van der Waals surface area (Å²) in [4.78, 5) is 9.22. The third-order valence-electron chi connectivity index (χ3n) is 3.78. The van der Waals surface area contributed by atoms with Crippen molar-refractivity contribution in [2.24, 2.45) is 0 Å². The lowest BCUT2D eigenvalue weighted by Crippen LogP contribution is -2.27. The Labute approximate surface area is 161 Å². The van der Waals surface area contributed by atoms with Crippen LogP contribution in [-0.2, 0) is 0 Å². The highest BCUT2D eigenvalue weighted by molar-refractivity contribution is 6.30. The number of anilines is 1. The number of hydrogen-bond acceptors (Lipinski definition) is 6. The van der Waals surface area contributed by atoms with E-state index in [9.17, 15) is 0 Å². The fourth-order valence-corrected chi connectivity index (χ4v) is 2.86. The van der Waals surface area contributed by atoms with Gasteiger partial charge >= 0.3 is 0 Å². The standard InChI is InChI=1S/C20H18ClN5O/c1-20(2,3)24-16-14-9-4-5-10-15(14)22-17(23-16)19-26-25-18(27-19)12-7-6-8-13(21)11-12/h4-11H,1-3H3,(H,22,23,24). The molecule has 4 rings (SSSR count). The molecule has 2 heterocycles. The maximum Gasteiger partial charge on any atom is 0.286 e. The zero-order valence-electron chi connectivity index (χ0n) is 15.2. The second-order valence-corrected chi connectivity index (χ2v) is 7.65. The molecule has 27 heavy (non-hydrogen) atoms. The fraction of sp³-hybridized carbons (Fsp3) is 0.200. The van der Waals surface area contributed by atoms with Crippen LogP contribution in [0.5, 0.6) is 0 Å². The number of para-hydroxylation sites is 1. The second kappa shape index (κ2) is 6.63. The van der Waals surface area contributed by atoms with Gasteiger partial charge in [0.05, 0.1) is 5.52 Å². The molecule has 0 saturated carbocycles. The van der Waals surface area contributed by atoms with E-state index in [1.54, 1.807) is 12.1 Å². The molecule has 0 saturated heterocycles. The van der Waals surface area contributed by atoms with Crippen molar-refractivity contribution in [1.29, 1.82) is 0 Å². The van der Waals surface area contributed by atoms with Crippen LogP contribution in [0.4, 0.5) is 5.82 Å². The van der Waals surface area contributed by atoms with Gasteiger partial charge in [0, 0.05) is 21.5 Å². The summed E-state index contributed by atoms with van der Waals surface area (Å²) >= 11 is 6.04. The first kappa shape index (κ1) is 17.4. The van der Waals surface area contributed by atoms with Gasteiger partial charge in [0.15, 0.2) is 0 Å². The van der Waals surface area contributed by atoms with E-state index in [2.05, 4.69) is 46.3 Å². The van der Waals surface area contributed by atoms with Gasteiger partial charge in [0.25, 0.3) is 5.89 Å². The highest BCUT2D eigenvalue weighted by Crippen LogP contribution is 2.28. The number of fused-ring (bicyclic) bond motifs is 1. The van der Waals surface area contributed by atoms with Crippen LogP contribution in [0.15, 0.2) is 52.9 Å². The third-order valence-corrected chi connectivity index (χ3v) is 4.02. The van der Waals surface area contributed by atoms with Gasteiger partial charge in [-0.2, -0.15) is 0 Å². The predicted molar refractivity (Wildman–Crippen MR) is 107 cm³/mol. The lowest BCUT2D eigenvalue weighted by Gasteiger charge is -2.22. The minimum Gasteiger partial charge on any atom is -0.413 e. The smallest absolute Gasteiger partial charge is 0.286 e. The van der Waals surface area contributed by atoms with Crippen molar-refractivity contribution in [2.45, 2.75) is 26.3 Å². The minimum atomic E-state index is -0.158. The summed E-state index contributed by atoms with van der Waals surface area (Å²) in [5.74, 6) is 1.73. The maximum atomic E-state index is 6.04. The molecule has 0 radical (unpaired) electrons. The summed E-state index contributed by atoms with van der Waals surface area (Å²) in [6.45, 7) is 6.23. The first-order valence-corrected chi connectivity index (χ1v) is 8.92. The van der Waals surface area contributed by atoms with Crippen LogP contribution in [0.2, 0.25) is 5.02 Å². The van der Waals surface area contributed by atoms with Crippen LogP contribution < -0.4 is 5.32 Å². The summed E-state index contributed by atoms with van der Waals surface area (Å²) in [5, 5.41) is 13.2. The van der Waals surface area contributed by atoms with Gasteiger partial charge in [-0.15, -0.1) is 10.2 Å². The van der Waals surface area contributed by atoms with Gasteiger partial charge in [-0.25, -0.2) is 9.97 Å². The van der Waals surface area contributed by atoms with Crippen LogP contribution >= 0.6 is 11.6 Å². The average molecular weight is 380 g/mol. The van der Waals surface area contributed by atoms with Crippen molar-refractivity contribution in [1.82, 2.24) is 20.2 Å². The molecule has 4 aromatic rings. The van der Waals surface area contributed by atoms with Crippen molar-refractivity contribution < 1.29 is 4.42 Å². The van der Waals surface area contributed by atoms with Gasteiger partial charge in [-0.1, -0.05) is 29.8 Å². The summed E-state index contributed by atoms with van der Waals surface area (Å²) in [6, 6.07) is 15.1. The molecule has 1 N–H and O–H groups in total. The molecule has 6 nitrogen and oxygen atoms in total. The Hall–Kier alpha value is -2.99. The Kier molecular flexibility index (Phi) is 4.28. The predicted octanol–water partition coefficient (Wildman–Crippen LogP) is 5.21. The van der Waals surface area contributed by atoms with Crippen LogP contribution in [0.3, 0.4) is 0 Å². The van der Waals surface area contributed by atoms with Gasteiger partial charge in [0.2, 0.25) is 11.7 Å². The van der Waals surface area contributed by atoms with Crippen molar-refractivity contribution in [3.8, 4) is 23.2 Å². The number of aromatic nitrogens is 4. The summed E-state index contributed by atoms with van der Waals surface area (Å²) in [7, 11) is 0. The lowest BCUT2D eigenvalue weighted by atomic mass is 10.1. The van der Waals surface area contributed by atoms with Gasteiger partial charge in [0.1, 0.15) is 5.82 Å². The summed E-state index contributed by atoms with van der Waals surface area (Å²) in [5.41, 5.74) is 1.39. The van der Waals surface area contributed by atoms with E-state index >= 15 is 0 Å². The first-order chi connectivity index (χ1) is 12.9. The van der Waals surface area contributed by atoms with E-state index in [1.807, 2.05) is 36.4 Å². The number of nitrogens with zero attached hydrogens (tertiary/aromatic N) is 4. The van der Waals surface area contributed by atoms with E-state index in [4.69, 9.17) is 16.0 Å². The Balaban J connectivity index is 1.80. The van der Waals surface area contributed by atoms with Crippen molar-refractivity contribution in [3.63, 3.8) is 0 Å². The SMILES string of the molecule is CC(C)(C)Nc1nc(-c2nnc(-c3cccc(Cl)c3)o2)nc2ccccc12. The highest BCUT2D eigenvalue weighted by Gasteiger charge is 2.18. The zero-order chi connectivity index (χ0) is 19.0. The number of benzene rings is 2. The van der Waals surface area contributed by atoms with E-state index in [0.29, 0.717) is 16.7 Å². The largest absolute Gasteiger partial charge is 0.413 e. The normalized spacial score (nSPS) is 11.7. The molecule has 0 amide bonds. The van der Waals surface area contributed by atoms with Gasteiger partial charge < -0.3 is 9.73 Å². The van der Waals surface area contributed by atoms with Crippen molar-refractivity contribution in [2.75, 3.05) is 5.32 Å². The second-order valence-electron chi connectivity index (χ2n) is 7.21. The average Bonchev–Trinajstić information content (AvgIpc) is 3.10. The Morgan fingerprint density at radius 2 is 1.70 bits per heavy atom. The van der Waals surface area contributed by atoms with Crippen LogP contribution in [0.25, 0.3) is 34.1 Å². The Morgan fingerprint density at radius 1 is 0.926 bits per heavy atom. The number of rotatable bonds is 3. The molecular weight excluding hydrogens is 362 g/mol. The number of nitrogens with one attached hydrogen (secondary N) is 1. The molecule has 0 aliphatic carbocycles. The van der Waals surface area contributed by atoms with E-state index in [1.165, 1.54) is 0 Å². The van der Waals surface area contributed by atoms with Gasteiger partial charge in [-0.3, -0.25) is 0 Å². The molecule has 7 heteroatoms. The topological polar surface area (TPSA) is 76.7 Å². The summed E-state index contributed by atoms with van der Waals surface area (Å²) < 4.78 is 5.81. The van der Waals surface area contributed by atoms with E-state index in [-0.39, 0.29) is 11.4 Å². The third kappa shape index (κ3) is 3.75. The molecule has 0 unspecified atom stereocenters. The highest BCUT2D eigenvalue weighted by atomic mass is 35.5. The molecule has 2 aromatic heterocycles. The monoisotopic (exact) mass is 379 g/mol. The number of halogens is 1. The summed E-state index contributed by atoms with van der Waals surface area (Å²) in [6.07, 6.45) is 0. The minimum absolute atomic E-state index is 0.158. The molecule has 0 spiro atoms. The molecule has 0 bridgehead atoms. The van der Waals surface area contributed by atoms with Crippen molar-refractivity contribution in [3.05, 3.63) is 53.6 Å². The first-order valence-electron chi connectivity index (χ1n) is 8.54. The van der Waals surface area contributed by atoms with Gasteiger partial charge in [-0.05, 0) is 51.1 Å². The maximum absolute atomic E-state index is 6.04. The quantitative estimate of drug-likeness (QED) is 0.526. The van der Waals surface area contributed by atoms with Crippen LogP contribution in [-0.4, -0.2) is 25.7 Å². The Morgan fingerprint density at radius 3 is 2.48 bits per heavy atom. The molecule has 136 valence electrons. The van der Waals surface area contributed by atoms with Crippen LogP contribution in [0, 0.1) is 0 Å². The molecule has 0 aliphatic heterocycles. The lowest BCUT2D eigenvalue weighted by molar-refractivity contribution is 0.579.